The molecule has 0 aliphatic heterocycles. The summed E-state index contributed by atoms with van der Waals surface area (Å²) in [4.78, 5) is 36.5. The zero-order valence-corrected chi connectivity index (χ0v) is 16.8. The Balaban J connectivity index is 2.17. The molecule has 2 N–H and O–H groups in total. The highest BCUT2D eigenvalue weighted by atomic mass is 35.5. The van der Waals surface area contributed by atoms with Crippen LogP contribution < -0.4 is 10.6 Å². The first-order valence-electron chi connectivity index (χ1n) is 8.93. The second-order valence-electron chi connectivity index (χ2n) is 6.46. The Morgan fingerprint density at radius 2 is 1.66 bits per heavy atom. The van der Waals surface area contributed by atoms with Gasteiger partial charge in [0.05, 0.1) is 7.11 Å². The number of methoxy groups -OCH3 is 1. The third-order valence-corrected chi connectivity index (χ3v) is 4.48. The Kier molecular flexibility index (Phi) is 8.15. The summed E-state index contributed by atoms with van der Waals surface area (Å²) < 4.78 is 18.8. The quantitative estimate of drug-likeness (QED) is 0.642. The zero-order valence-electron chi connectivity index (χ0n) is 16.1. The monoisotopic (exact) mass is 420 g/mol. The number of carbonyl (C=O) groups is 3. The molecule has 0 aliphatic carbocycles. The van der Waals surface area contributed by atoms with E-state index in [1.165, 1.54) is 32.2 Å². The highest BCUT2D eigenvalue weighted by Crippen LogP contribution is 2.13. The lowest BCUT2D eigenvalue weighted by Gasteiger charge is -2.22. The van der Waals surface area contributed by atoms with Gasteiger partial charge in [-0.3, -0.25) is 9.59 Å². The summed E-state index contributed by atoms with van der Waals surface area (Å²) in [6, 6.07) is 10.7. The van der Waals surface area contributed by atoms with E-state index in [-0.39, 0.29) is 18.4 Å². The molecular formula is C21H22ClFN2O4. The van der Waals surface area contributed by atoms with Crippen molar-refractivity contribution >= 4 is 29.4 Å². The molecule has 0 aromatic heterocycles. The van der Waals surface area contributed by atoms with Crippen molar-refractivity contribution in [2.45, 2.75) is 31.8 Å². The van der Waals surface area contributed by atoms with Crippen molar-refractivity contribution in [1.29, 1.82) is 0 Å². The molecule has 2 atom stereocenters. The summed E-state index contributed by atoms with van der Waals surface area (Å²) in [7, 11) is 1.22. The van der Waals surface area contributed by atoms with Crippen LogP contribution in [0.3, 0.4) is 0 Å². The normalized spacial score (nSPS) is 12.6. The summed E-state index contributed by atoms with van der Waals surface area (Å²) in [5.74, 6) is -2.19. The van der Waals surface area contributed by atoms with Gasteiger partial charge in [-0.1, -0.05) is 41.9 Å². The molecule has 0 bridgehead atoms. The minimum atomic E-state index is -1.05. The van der Waals surface area contributed by atoms with E-state index in [1.54, 1.807) is 30.3 Å². The van der Waals surface area contributed by atoms with Crippen molar-refractivity contribution in [1.82, 2.24) is 10.6 Å². The molecular weight excluding hydrogens is 399 g/mol. The largest absolute Gasteiger partial charge is 0.467 e. The van der Waals surface area contributed by atoms with Crippen LogP contribution in [-0.4, -0.2) is 37.0 Å². The predicted octanol–water partition coefficient (Wildman–Crippen LogP) is 2.43. The van der Waals surface area contributed by atoms with Gasteiger partial charge in [0.15, 0.2) is 0 Å². The lowest BCUT2D eigenvalue weighted by Crippen LogP contribution is -2.53. The van der Waals surface area contributed by atoms with Crippen molar-refractivity contribution in [2.24, 2.45) is 0 Å². The Morgan fingerprint density at radius 3 is 2.24 bits per heavy atom. The molecule has 0 radical (unpaired) electrons. The minimum Gasteiger partial charge on any atom is -0.467 e. The van der Waals surface area contributed by atoms with Gasteiger partial charge in [-0.15, -0.1) is 0 Å². The number of nitrogens with one attached hydrogen (secondary N) is 2. The average Bonchev–Trinajstić information content (AvgIpc) is 2.69. The number of amides is 2. The van der Waals surface area contributed by atoms with Crippen molar-refractivity contribution in [3.05, 3.63) is 70.5 Å². The third-order valence-electron chi connectivity index (χ3n) is 4.23. The van der Waals surface area contributed by atoms with Gasteiger partial charge in [0.2, 0.25) is 11.8 Å². The highest BCUT2D eigenvalue weighted by Gasteiger charge is 2.27. The summed E-state index contributed by atoms with van der Waals surface area (Å²) in [6.07, 6.45) is 0.106. The molecule has 0 spiro atoms. The zero-order chi connectivity index (χ0) is 21.4. The van der Waals surface area contributed by atoms with Gasteiger partial charge < -0.3 is 15.4 Å². The van der Waals surface area contributed by atoms with Gasteiger partial charge in [-0.25, -0.2) is 9.18 Å². The number of esters is 1. The molecule has 0 unspecified atom stereocenters. The average molecular weight is 421 g/mol. The van der Waals surface area contributed by atoms with Crippen LogP contribution in [0.2, 0.25) is 5.02 Å². The van der Waals surface area contributed by atoms with Crippen LogP contribution in [0.1, 0.15) is 18.1 Å². The highest BCUT2D eigenvalue weighted by molar-refractivity contribution is 6.30. The Morgan fingerprint density at radius 1 is 1.00 bits per heavy atom. The van der Waals surface area contributed by atoms with Gasteiger partial charge >= 0.3 is 5.97 Å². The van der Waals surface area contributed by atoms with Crippen LogP contribution in [0, 0.1) is 5.82 Å². The van der Waals surface area contributed by atoms with Crippen molar-refractivity contribution in [3.8, 4) is 0 Å². The summed E-state index contributed by atoms with van der Waals surface area (Å²) in [6.45, 7) is 1.26. The van der Waals surface area contributed by atoms with Crippen LogP contribution in [0.25, 0.3) is 0 Å². The van der Waals surface area contributed by atoms with E-state index in [2.05, 4.69) is 10.6 Å². The lowest BCUT2D eigenvalue weighted by molar-refractivity contribution is -0.145. The van der Waals surface area contributed by atoms with E-state index in [0.717, 1.165) is 5.56 Å². The fraction of sp³-hybridized carbons (Fsp3) is 0.286. The summed E-state index contributed by atoms with van der Waals surface area (Å²) in [5.41, 5.74) is 1.03. The second-order valence-corrected chi connectivity index (χ2v) is 6.90. The van der Waals surface area contributed by atoms with E-state index in [0.29, 0.717) is 5.02 Å². The van der Waals surface area contributed by atoms with E-state index in [1.807, 2.05) is 0 Å². The molecule has 2 amide bonds. The first-order chi connectivity index (χ1) is 13.8. The molecule has 2 aromatic carbocycles. The van der Waals surface area contributed by atoms with Crippen LogP contribution in [0.4, 0.5) is 4.39 Å². The van der Waals surface area contributed by atoms with Gasteiger partial charge in [-0.2, -0.15) is 0 Å². The number of carbonyl (C=O) groups excluding carboxylic acids is 3. The number of ether oxygens (including phenoxy) is 1. The summed E-state index contributed by atoms with van der Waals surface area (Å²) in [5, 5.41) is 5.64. The van der Waals surface area contributed by atoms with Gasteiger partial charge in [0, 0.05) is 24.8 Å². The van der Waals surface area contributed by atoms with E-state index in [4.69, 9.17) is 16.3 Å². The van der Waals surface area contributed by atoms with E-state index < -0.39 is 35.7 Å². The molecule has 8 heteroatoms. The van der Waals surface area contributed by atoms with Crippen molar-refractivity contribution < 1.29 is 23.5 Å². The second kappa shape index (κ2) is 10.6. The number of hydrogen-bond donors (Lipinski definition) is 2. The Bertz CT molecular complexity index is 873. The first-order valence-corrected chi connectivity index (χ1v) is 9.31. The minimum absolute atomic E-state index is 0.0626. The molecule has 0 aliphatic rings. The Labute approximate surface area is 173 Å². The summed E-state index contributed by atoms with van der Waals surface area (Å²) >= 11 is 5.87. The molecule has 154 valence electrons. The van der Waals surface area contributed by atoms with Gasteiger partial charge in [0.1, 0.15) is 17.9 Å². The third kappa shape index (κ3) is 6.87. The van der Waals surface area contributed by atoms with Crippen molar-refractivity contribution in [3.63, 3.8) is 0 Å². The number of benzene rings is 2. The molecule has 2 aromatic rings. The van der Waals surface area contributed by atoms with Crippen LogP contribution in [0.15, 0.2) is 48.5 Å². The Hall–Kier alpha value is -2.93. The maximum absolute atomic E-state index is 14.0. The topological polar surface area (TPSA) is 84.5 Å². The predicted molar refractivity (Wildman–Crippen MR) is 107 cm³/mol. The first kappa shape index (κ1) is 22.4. The molecule has 0 saturated carbocycles. The van der Waals surface area contributed by atoms with Crippen LogP contribution >= 0.6 is 11.6 Å². The van der Waals surface area contributed by atoms with Crippen molar-refractivity contribution in [2.75, 3.05) is 7.11 Å². The fourth-order valence-electron chi connectivity index (χ4n) is 2.80. The number of hydrogen-bond acceptors (Lipinski definition) is 4. The number of halogens is 2. The smallest absolute Gasteiger partial charge is 0.328 e. The molecule has 6 nitrogen and oxygen atoms in total. The molecule has 0 fully saturated rings. The fourth-order valence-corrected chi connectivity index (χ4v) is 2.93. The number of rotatable bonds is 8. The molecule has 0 heterocycles. The van der Waals surface area contributed by atoms with Gasteiger partial charge in [0.25, 0.3) is 0 Å². The SMILES string of the molecule is COC(=O)[C@@H](Cc1ccc(Cl)cc1)NC(=O)[C@H](Cc1ccccc1F)NC(C)=O. The van der Waals surface area contributed by atoms with E-state index in [9.17, 15) is 18.8 Å². The lowest BCUT2D eigenvalue weighted by atomic mass is 10.0. The van der Waals surface area contributed by atoms with E-state index >= 15 is 0 Å². The standard InChI is InChI=1S/C21H22ClFN2O4/c1-13(26)24-18(12-15-5-3-4-6-17(15)23)20(27)25-19(21(28)29-2)11-14-7-9-16(22)10-8-14/h3-10,18-19H,11-12H2,1-2H3,(H,24,26)(H,25,27)/t18-,19+/m0/s1. The molecule has 0 saturated heterocycles. The van der Waals surface area contributed by atoms with Crippen LogP contribution in [0.5, 0.6) is 0 Å². The maximum atomic E-state index is 14.0. The molecule has 29 heavy (non-hydrogen) atoms. The van der Waals surface area contributed by atoms with Gasteiger partial charge in [-0.05, 0) is 29.3 Å². The maximum Gasteiger partial charge on any atom is 0.328 e. The molecule has 2 rings (SSSR count). The van der Waals surface area contributed by atoms with Crippen LogP contribution in [-0.2, 0) is 32.0 Å².